The van der Waals surface area contributed by atoms with Crippen molar-refractivity contribution in [1.29, 1.82) is 0 Å². The highest BCUT2D eigenvalue weighted by atomic mass is 32.2. The highest BCUT2D eigenvalue weighted by molar-refractivity contribution is 7.89. The molecule has 2 rings (SSSR count). The predicted molar refractivity (Wildman–Crippen MR) is 135 cm³/mol. The van der Waals surface area contributed by atoms with E-state index in [1.165, 1.54) is 22.5 Å². The molecule has 0 aliphatic heterocycles. The second kappa shape index (κ2) is 12.3. The Bertz CT molecular complexity index is 1120. The van der Waals surface area contributed by atoms with Gasteiger partial charge in [0.25, 0.3) is 5.69 Å². The Balaban J connectivity index is 2.25. The van der Waals surface area contributed by atoms with Crippen LogP contribution in [0.25, 0.3) is 0 Å². The summed E-state index contributed by atoms with van der Waals surface area (Å²) in [5, 5.41) is 20.1. The molecule has 0 saturated heterocycles. The van der Waals surface area contributed by atoms with Crippen LogP contribution in [0, 0.1) is 17.0 Å². The second-order valence-corrected chi connectivity index (χ2v) is 9.62. The fourth-order valence-electron chi connectivity index (χ4n) is 3.42. The van der Waals surface area contributed by atoms with Gasteiger partial charge in [-0.05, 0) is 37.6 Å². The highest BCUT2D eigenvalue weighted by Crippen LogP contribution is 2.28. The monoisotopic (exact) mass is 491 g/mol. The molecule has 0 radical (unpaired) electrons. The summed E-state index contributed by atoms with van der Waals surface area (Å²) in [6.45, 7) is 8.44. The van der Waals surface area contributed by atoms with Crippen LogP contribution < -0.4 is 16.0 Å². The minimum absolute atomic E-state index is 0.0810. The van der Waals surface area contributed by atoms with E-state index in [2.05, 4.69) is 22.9 Å². The molecule has 0 unspecified atom stereocenters. The van der Waals surface area contributed by atoms with Gasteiger partial charge in [-0.1, -0.05) is 33.3 Å². The van der Waals surface area contributed by atoms with Gasteiger partial charge in [0.05, 0.1) is 39.0 Å². The van der Waals surface area contributed by atoms with Gasteiger partial charge >= 0.3 is 0 Å². The minimum atomic E-state index is -3.67. The van der Waals surface area contributed by atoms with E-state index in [1.54, 1.807) is 39.0 Å². The molecule has 0 fully saturated rings. The summed E-state index contributed by atoms with van der Waals surface area (Å²) in [6, 6.07) is 9.24. The maximum Gasteiger partial charge on any atom is 0.274 e. The van der Waals surface area contributed by atoms with Crippen molar-refractivity contribution in [2.75, 3.05) is 42.1 Å². The van der Waals surface area contributed by atoms with Crippen LogP contribution in [0.15, 0.2) is 41.3 Å². The molecule has 2 aromatic carbocycles. The first-order valence-corrected chi connectivity index (χ1v) is 12.7. The molecule has 34 heavy (non-hydrogen) atoms. The van der Waals surface area contributed by atoms with Crippen molar-refractivity contribution in [2.24, 2.45) is 0 Å². The van der Waals surface area contributed by atoms with E-state index >= 15 is 0 Å². The van der Waals surface area contributed by atoms with E-state index < -0.39 is 20.9 Å². The van der Waals surface area contributed by atoms with Crippen molar-refractivity contribution >= 4 is 38.7 Å². The molecule has 2 aromatic rings. The topological polar surface area (TPSA) is 134 Å². The standard InChI is InChI=1S/C23H33N5O5S/c1-5-8-14-24-20-13-12-18(34(32,33)27(6-2)7-3)15-21(20)25-16-23(29)26-19-10-9-11-22(17(19)4)28(30)31/h9-13,15,24-25H,5-8,14,16H2,1-4H3,(H,26,29). The second-order valence-electron chi connectivity index (χ2n) is 7.69. The molecule has 10 nitrogen and oxygen atoms in total. The Morgan fingerprint density at radius 3 is 2.35 bits per heavy atom. The largest absolute Gasteiger partial charge is 0.383 e. The average molecular weight is 492 g/mol. The van der Waals surface area contributed by atoms with Crippen LogP contribution >= 0.6 is 0 Å². The zero-order valence-corrected chi connectivity index (χ0v) is 20.9. The number of anilines is 3. The molecule has 0 aromatic heterocycles. The zero-order chi connectivity index (χ0) is 25.3. The molecule has 0 atom stereocenters. The molecule has 11 heteroatoms. The van der Waals surface area contributed by atoms with Crippen LogP contribution in [0.1, 0.15) is 39.2 Å². The Morgan fingerprint density at radius 2 is 1.74 bits per heavy atom. The number of benzene rings is 2. The van der Waals surface area contributed by atoms with E-state index in [4.69, 9.17) is 0 Å². The number of carbonyl (C=O) groups excluding carboxylic acids is 1. The summed E-state index contributed by atoms with van der Waals surface area (Å²) < 4.78 is 27.3. The first-order valence-electron chi connectivity index (χ1n) is 11.3. The quantitative estimate of drug-likeness (QED) is 0.217. The molecule has 186 valence electrons. The van der Waals surface area contributed by atoms with Crippen LogP contribution in [0.4, 0.5) is 22.7 Å². The van der Waals surface area contributed by atoms with Gasteiger partial charge in [-0.25, -0.2) is 8.42 Å². The third kappa shape index (κ3) is 6.67. The van der Waals surface area contributed by atoms with E-state index in [0.717, 1.165) is 12.8 Å². The summed E-state index contributed by atoms with van der Waals surface area (Å²) in [4.78, 5) is 23.4. The van der Waals surface area contributed by atoms with Gasteiger partial charge in [0, 0.05) is 25.7 Å². The SMILES string of the molecule is CCCCNc1ccc(S(=O)(=O)N(CC)CC)cc1NCC(=O)Nc1cccc([N+](=O)[O-])c1C. The Hall–Kier alpha value is -3.18. The molecule has 0 spiro atoms. The van der Waals surface area contributed by atoms with E-state index in [-0.39, 0.29) is 17.1 Å². The van der Waals surface area contributed by atoms with Crippen molar-refractivity contribution in [3.63, 3.8) is 0 Å². The number of rotatable bonds is 13. The summed E-state index contributed by atoms with van der Waals surface area (Å²) in [7, 11) is -3.67. The van der Waals surface area contributed by atoms with Crippen molar-refractivity contribution in [3.05, 3.63) is 52.1 Å². The maximum absolute atomic E-state index is 13.0. The number of sulfonamides is 1. The number of hydrogen-bond acceptors (Lipinski definition) is 7. The van der Waals surface area contributed by atoms with Gasteiger partial charge in [-0.15, -0.1) is 0 Å². The Kier molecular flexibility index (Phi) is 9.82. The summed E-state index contributed by atoms with van der Waals surface area (Å²) >= 11 is 0. The van der Waals surface area contributed by atoms with Gasteiger partial charge in [-0.2, -0.15) is 4.31 Å². The fourth-order valence-corrected chi connectivity index (χ4v) is 4.91. The number of hydrogen-bond donors (Lipinski definition) is 3. The van der Waals surface area contributed by atoms with Crippen LogP contribution in [0.2, 0.25) is 0 Å². The van der Waals surface area contributed by atoms with Crippen molar-refractivity contribution in [2.45, 2.75) is 45.4 Å². The smallest absolute Gasteiger partial charge is 0.274 e. The number of nitrogens with zero attached hydrogens (tertiary/aromatic N) is 2. The van der Waals surface area contributed by atoms with Crippen LogP contribution in [-0.4, -0.2) is 49.7 Å². The number of nitro benzene ring substituents is 1. The number of carbonyl (C=O) groups is 1. The molecule has 1 amide bonds. The minimum Gasteiger partial charge on any atom is -0.383 e. The summed E-state index contributed by atoms with van der Waals surface area (Å²) in [6.07, 6.45) is 1.93. The number of nitrogens with one attached hydrogen (secondary N) is 3. The van der Waals surface area contributed by atoms with Gasteiger partial charge < -0.3 is 16.0 Å². The first-order chi connectivity index (χ1) is 16.1. The molecule has 3 N–H and O–H groups in total. The fraction of sp³-hybridized carbons (Fsp3) is 0.435. The third-order valence-electron chi connectivity index (χ3n) is 5.40. The number of amides is 1. The van der Waals surface area contributed by atoms with E-state index in [9.17, 15) is 23.3 Å². The van der Waals surface area contributed by atoms with Gasteiger partial charge in [0.15, 0.2) is 0 Å². The molecule has 0 heterocycles. The molecule has 0 saturated carbocycles. The maximum atomic E-state index is 13.0. The van der Waals surface area contributed by atoms with Crippen molar-refractivity contribution in [3.8, 4) is 0 Å². The third-order valence-corrected chi connectivity index (χ3v) is 7.44. The summed E-state index contributed by atoms with van der Waals surface area (Å²) in [5.74, 6) is -0.417. The molecule has 0 bridgehead atoms. The normalized spacial score (nSPS) is 11.3. The average Bonchev–Trinajstić information content (AvgIpc) is 2.80. The molecular weight excluding hydrogens is 458 g/mol. The lowest BCUT2D eigenvalue weighted by atomic mass is 10.1. The van der Waals surface area contributed by atoms with Crippen LogP contribution in [0.5, 0.6) is 0 Å². The first kappa shape index (κ1) is 27.1. The lowest BCUT2D eigenvalue weighted by molar-refractivity contribution is -0.385. The van der Waals surface area contributed by atoms with Crippen molar-refractivity contribution in [1.82, 2.24) is 4.31 Å². The van der Waals surface area contributed by atoms with Crippen molar-refractivity contribution < 1.29 is 18.1 Å². The molecule has 0 aliphatic rings. The predicted octanol–water partition coefficient (Wildman–Crippen LogP) is 4.20. The Morgan fingerprint density at radius 1 is 1.03 bits per heavy atom. The zero-order valence-electron chi connectivity index (χ0n) is 20.1. The van der Waals surface area contributed by atoms with E-state index in [1.807, 2.05) is 0 Å². The number of unbranched alkanes of at least 4 members (excludes halogenated alkanes) is 1. The van der Waals surface area contributed by atoms with Crippen LogP contribution in [0.3, 0.4) is 0 Å². The van der Waals surface area contributed by atoms with Crippen LogP contribution in [-0.2, 0) is 14.8 Å². The lowest BCUT2D eigenvalue weighted by Crippen LogP contribution is -2.30. The van der Waals surface area contributed by atoms with Gasteiger partial charge in [0.1, 0.15) is 0 Å². The van der Waals surface area contributed by atoms with E-state index in [0.29, 0.717) is 42.3 Å². The molecule has 0 aliphatic carbocycles. The summed E-state index contributed by atoms with van der Waals surface area (Å²) in [5.41, 5.74) is 1.79. The number of nitro groups is 1. The Labute approximate surface area is 200 Å². The van der Waals surface area contributed by atoms with Gasteiger partial charge in [-0.3, -0.25) is 14.9 Å². The highest BCUT2D eigenvalue weighted by Gasteiger charge is 2.23. The van der Waals surface area contributed by atoms with Gasteiger partial charge in [0.2, 0.25) is 15.9 Å². The molecular formula is C23H33N5O5S. The lowest BCUT2D eigenvalue weighted by Gasteiger charge is -2.20.